The summed E-state index contributed by atoms with van der Waals surface area (Å²) in [4.78, 5) is 0. The van der Waals surface area contributed by atoms with E-state index in [2.05, 4.69) is 25.3 Å². The minimum atomic E-state index is 0.939. The van der Waals surface area contributed by atoms with Crippen molar-refractivity contribution in [2.75, 3.05) is 31.8 Å². The molecule has 0 saturated carbocycles. The molecule has 0 aliphatic heterocycles. The SMILES string of the molecule is SCCCSCSCSCSCS. The predicted molar refractivity (Wildman–Crippen MR) is 82.2 cm³/mol. The fourth-order valence-corrected chi connectivity index (χ4v) is 5.85. The molecule has 0 N–H and O–H groups in total. The minimum absolute atomic E-state index is 0.939. The Morgan fingerprint density at radius 3 is 2.00 bits per heavy atom. The topological polar surface area (TPSA) is 0 Å². The van der Waals surface area contributed by atoms with Gasteiger partial charge in [0.05, 0.1) is 0 Å². The molecule has 0 bridgehead atoms. The van der Waals surface area contributed by atoms with Crippen LogP contribution in [0, 0.1) is 0 Å². The Kier molecular flexibility index (Phi) is 16.4. The summed E-state index contributed by atoms with van der Waals surface area (Å²) in [5.74, 6) is 2.28. The van der Waals surface area contributed by atoms with Crippen LogP contribution in [0.25, 0.3) is 0 Å². The number of thioether (sulfide) groups is 4. The maximum absolute atomic E-state index is 4.17. The molecule has 0 aromatic rings. The first-order valence-electron chi connectivity index (χ1n) is 3.94. The lowest BCUT2D eigenvalue weighted by Crippen LogP contribution is -1.82. The van der Waals surface area contributed by atoms with Gasteiger partial charge in [-0.25, -0.2) is 0 Å². The maximum atomic E-state index is 4.17. The molecule has 0 saturated heterocycles. The number of rotatable bonds is 10. The highest BCUT2D eigenvalue weighted by Gasteiger charge is 1.91. The largest absolute Gasteiger partial charge is 0.179 e. The van der Waals surface area contributed by atoms with Gasteiger partial charge in [0.1, 0.15) is 0 Å². The van der Waals surface area contributed by atoms with Crippen molar-refractivity contribution in [1.29, 1.82) is 0 Å². The highest BCUT2D eigenvalue weighted by atomic mass is 32.3. The van der Waals surface area contributed by atoms with Gasteiger partial charge in [0.15, 0.2) is 0 Å². The molecular weight excluding hydrogens is 276 g/mol. The molecule has 0 amide bonds. The normalized spacial score (nSPS) is 10.6. The van der Waals surface area contributed by atoms with E-state index < -0.39 is 0 Å². The first-order chi connectivity index (χ1) is 6.41. The van der Waals surface area contributed by atoms with Gasteiger partial charge in [0.2, 0.25) is 0 Å². The van der Waals surface area contributed by atoms with Crippen LogP contribution in [-0.2, 0) is 0 Å². The van der Waals surface area contributed by atoms with Crippen LogP contribution in [-0.4, -0.2) is 31.8 Å². The maximum Gasteiger partial charge on any atom is 0.0408 e. The zero-order valence-corrected chi connectivity index (χ0v) is 12.5. The van der Waals surface area contributed by atoms with Crippen molar-refractivity contribution >= 4 is 72.3 Å². The lowest BCUT2D eigenvalue weighted by Gasteiger charge is -2.00. The first-order valence-corrected chi connectivity index (χ1v) is 9.83. The molecule has 0 nitrogen and oxygen atoms in total. The second kappa shape index (κ2) is 14.1. The standard InChI is InChI=1S/C7H16S6/c8-2-1-3-10-5-12-7-13-6-11-4-9/h8-9H,1-7H2. The molecule has 13 heavy (non-hydrogen) atoms. The quantitative estimate of drug-likeness (QED) is 0.355. The van der Waals surface area contributed by atoms with Crippen LogP contribution in [0.5, 0.6) is 0 Å². The Hall–Kier alpha value is 2.10. The smallest absolute Gasteiger partial charge is 0.0408 e. The van der Waals surface area contributed by atoms with Crippen molar-refractivity contribution in [2.24, 2.45) is 0 Å². The van der Waals surface area contributed by atoms with Crippen LogP contribution >= 0.6 is 72.3 Å². The summed E-state index contributed by atoms with van der Waals surface area (Å²) in [6.45, 7) is 0. The molecule has 80 valence electrons. The average molecular weight is 293 g/mol. The summed E-state index contributed by atoms with van der Waals surface area (Å²) < 4.78 is 0. The second-order valence-corrected chi connectivity index (χ2v) is 8.43. The fourth-order valence-electron chi connectivity index (χ4n) is 0.508. The van der Waals surface area contributed by atoms with Gasteiger partial charge in [0, 0.05) is 20.3 Å². The van der Waals surface area contributed by atoms with Crippen LogP contribution in [0.1, 0.15) is 6.42 Å². The highest BCUT2D eigenvalue weighted by molar-refractivity contribution is 8.27. The molecule has 0 radical (unpaired) electrons. The molecule has 0 aromatic carbocycles. The minimum Gasteiger partial charge on any atom is -0.179 e. The van der Waals surface area contributed by atoms with Gasteiger partial charge in [-0.3, -0.25) is 0 Å². The van der Waals surface area contributed by atoms with Gasteiger partial charge >= 0.3 is 0 Å². The van der Waals surface area contributed by atoms with Crippen LogP contribution in [0.2, 0.25) is 0 Å². The third kappa shape index (κ3) is 14.1. The molecule has 0 aromatic heterocycles. The van der Waals surface area contributed by atoms with E-state index >= 15 is 0 Å². The van der Waals surface area contributed by atoms with Gasteiger partial charge in [0.25, 0.3) is 0 Å². The predicted octanol–water partition coefficient (Wildman–Crippen LogP) is 4.00. The van der Waals surface area contributed by atoms with Gasteiger partial charge in [-0.1, -0.05) is 0 Å². The highest BCUT2D eigenvalue weighted by Crippen LogP contribution is 2.21. The Morgan fingerprint density at radius 1 is 0.769 bits per heavy atom. The molecule has 6 heteroatoms. The molecule has 0 aliphatic carbocycles. The number of thiol groups is 2. The average Bonchev–Trinajstić information content (AvgIpc) is 2.16. The molecule has 0 heterocycles. The summed E-state index contributed by atoms with van der Waals surface area (Å²) in [5.41, 5.74) is 0. The van der Waals surface area contributed by atoms with Crippen LogP contribution in [0.3, 0.4) is 0 Å². The molecule has 0 rings (SSSR count). The van der Waals surface area contributed by atoms with Crippen molar-refractivity contribution < 1.29 is 0 Å². The van der Waals surface area contributed by atoms with Crippen LogP contribution in [0.4, 0.5) is 0 Å². The van der Waals surface area contributed by atoms with Gasteiger partial charge in [-0.15, -0.1) is 35.3 Å². The van der Waals surface area contributed by atoms with Crippen molar-refractivity contribution in [3.8, 4) is 0 Å². The lowest BCUT2D eigenvalue weighted by atomic mass is 10.6. The first kappa shape index (κ1) is 15.1. The second-order valence-electron chi connectivity index (χ2n) is 2.08. The van der Waals surface area contributed by atoms with Gasteiger partial charge < -0.3 is 0 Å². The number of hydrogen-bond acceptors (Lipinski definition) is 6. The van der Waals surface area contributed by atoms with Crippen molar-refractivity contribution in [1.82, 2.24) is 0 Å². The summed E-state index contributed by atoms with van der Waals surface area (Å²) in [6.07, 6.45) is 1.23. The third-order valence-corrected chi connectivity index (χ3v) is 6.66. The van der Waals surface area contributed by atoms with Crippen LogP contribution < -0.4 is 0 Å². The van der Waals surface area contributed by atoms with E-state index in [1.165, 1.54) is 27.4 Å². The Balaban J connectivity index is 2.76. The van der Waals surface area contributed by atoms with E-state index in [9.17, 15) is 0 Å². The zero-order chi connectivity index (χ0) is 9.78. The number of hydrogen-bond donors (Lipinski definition) is 2. The van der Waals surface area contributed by atoms with E-state index in [1.54, 1.807) is 0 Å². The van der Waals surface area contributed by atoms with E-state index in [0.29, 0.717) is 0 Å². The molecule has 0 unspecified atom stereocenters. The molecule has 0 atom stereocenters. The molecule has 0 aliphatic rings. The third-order valence-electron chi connectivity index (χ3n) is 1.04. The summed E-state index contributed by atoms with van der Waals surface area (Å²) in [7, 11) is 0. The van der Waals surface area contributed by atoms with Gasteiger partial charge in [-0.2, -0.15) is 37.0 Å². The zero-order valence-electron chi connectivity index (χ0n) is 7.48. The Labute approximate surface area is 110 Å². The fraction of sp³-hybridized carbons (Fsp3) is 1.00. The van der Waals surface area contributed by atoms with E-state index in [0.717, 1.165) is 10.8 Å². The monoisotopic (exact) mass is 292 g/mol. The Morgan fingerprint density at radius 2 is 1.38 bits per heavy atom. The summed E-state index contributed by atoms with van der Waals surface area (Å²) >= 11 is 16.2. The van der Waals surface area contributed by atoms with E-state index in [4.69, 9.17) is 0 Å². The molecule has 0 spiro atoms. The van der Waals surface area contributed by atoms with Crippen LogP contribution in [0.15, 0.2) is 0 Å². The molecule has 0 fully saturated rings. The van der Waals surface area contributed by atoms with Crippen molar-refractivity contribution in [2.45, 2.75) is 6.42 Å². The summed E-state index contributed by atoms with van der Waals surface area (Å²) in [5, 5.41) is 4.56. The Bertz CT molecular complexity index is 79.1. The van der Waals surface area contributed by atoms with E-state index in [-0.39, 0.29) is 0 Å². The van der Waals surface area contributed by atoms with Gasteiger partial charge in [-0.05, 0) is 17.9 Å². The van der Waals surface area contributed by atoms with E-state index in [1.807, 2.05) is 47.0 Å². The van der Waals surface area contributed by atoms with Crippen molar-refractivity contribution in [3.05, 3.63) is 0 Å². The lowest BCUT2D eigenvalue weighted by molar-refractivity contribution is 1.13. The summed E-state index contributed by atoms with van der Waals surface area (Å²) in [6, 6.07) is 0. The van der Waals surface area contributed by atoms with Crippen molar-refractivity contribution in [3.63, 3.8) is 0 Å². The molecular formula is C7H16S6.